The van der Waals surface area contributed by atoms with Crippen molar-refractivity contribution in [2.24, 2.45) is 5.16 Å². The molecule has 4 rings (SSSR count). The number of hydrogen-bond donors (Lipinski definition) is 1. The quantitative estimate of drug-likeness (QED) is 0.669. The summed E-state index contributed by atoms with van der Waals surface area (Å²) in [5, 5.41) is 8.00. The predicted molar refractivity (Wildman–Crippen MR) is 107 cm³/mol. The summed E-state index contributed by atoms with van der Waals surface area (Å²) in [5.41, 5.74) is 2.40. The molecule has 1 unspecified atom stereocenters. The number of anilines is 1. The molecule has 2 aromatic carbocycles. The predicted octanol–water partition coefficient (Wildman–Crippen LogP) is 4.84. The Morgan fingerprint density at radius 3 is 2.78 bits per heavy atom. The van der Waals surface area contributed by atoms with Gasteiger partial charge in [0.2, 0.25) is 0 Å². The van der Waals surface area contributed by atoms with Crippen LogP contribution in [0, 0.1) is 0 Å². The number of oxime groups is 1. The fourth-order valence-corrected chi connectivity index (χ4v) is 3.84. The van der Waals surface area contributed by atoms with E-state index in [-0.39, 0.29) is 12.0 Å². The lowest BCUT2D eigenvalue weighted by atomic mass is 10.0. The number of benzene rings is 2. The van der Waals surface area contributed by atoms with Gasteiger partial charge in [0.05, 0.1) is 0 Å². The number of rotatable bonds is 5. The Kier molecular flexibility index (Phi) is 5.18. The molecule has 0 saturated heterocycles. The van der Waals surface area contributed by atoms with Crippen LogP contribution >= 0.6 is 22.9 Å². The van der Waals surface area contributed by atoms with Gasteiger partial charge in [-0.25, -0.2) is 4.98 Å². The normalized spacial score (nSPS) is 15.9. The highest BCUT2D eigenvalue weighted by atomic mass is 35.5. The zero-order valence-electron chi connectivity index (χ0n) is 14.3. The van der Waals surface area contributed by atoms with Gasteiger partial charge in [0.15, 0.2) is 11.2 Å². The van der Waals surface area contributed by atoms with Crippen LogP contribution in [0.4, 0.5) is 5.13 Å². The molecule has 1 aliphatic rings. The van der Waals surface area contributed by atoms with Crippen molar-refractivity contribution in [3.05, 3.63) is 81.8 Å². The van der Waals surface area contributed by atoms with Crippen LogP contribution < -0.4 is 5.32 Å². The van der Waals surface area contributed by atoms with Crippen molar-refractivity contribution in [3.63, 3.8) is 0 Å². The summed E-state index contributed by atoms with van der Waals surface area (Å²) in [7, 11) is 0. The van der Waals surface area contributed by atoms with Gasteiger partial charge in [-0.3, -0.25) is 10.1 Å². The van der Waals surface area contributed by atoms with Gasteiger partial charge in [0.1, 0.15) is 5.71 Å². The van der Waals surface area contributed by atoms with Crippen LogP contribution in [0.3, 0.4) is 0 Å². The van der Waals surface area contributed by atoms with Gasteiger partial charge >= 0.3 is 0 Å². The molecule has 0 fully saturated rings. The van der Waals surface area contributed by atoms with Crippen molar-refractivity contribution < 1.29 is 9.63 Å². The molecule has 1 amide bonds. The summed E-state index contributed by atoms with van der Waals surface area (Å²) in [5.74, 6) is -0.285. The van der Waals surface area contributed by atoms with Gasteiger partial charge < -0.3 is 4.84 Å². The smallest absolute Gasteiger partial charge is 0.275 e. The zero-order chi connectivity index (χ0) is 18.6. The third kappa shape index (κ3) is 4.18. The molecule has 0 aliphatic carbocycles. The molecule has 1 atom stereocenters. The van der Waals surface area contributed by atoms with Crippen LogP contribution in [0.15, 0.2) is 65.9 Å². The number of carbonyl (C=O) groups is 1. The maximum atomic E-state index is 12.4. The second-order valence-corrected chi connectivity index (χ2v) is 7.62. The highest BCUT2D eigenvalue weighted by Crippen LogP contribution is 2.28. The van der Waals surface area contributed by atoms with Crippen molar-refractivity contribution in [1.82, 2.24) is 4.98 Å². The standard InChI is InChI=1S/C20H16ClN3O2S/c21-16-9-5-4-8-14(16)10-15-12-22-20(27-15)23-19(25)17-11-18(26-24-17)13-6-2-1-3-7-13/h1-9,12,18H,10-11H2,(H,22,23,25). The van der Waals surface area contributed by atoms with E-state index in [4.69, 9.17) is 16.4 Å². The number of nitrogens with zero attached hydrogens (tertiary/aromatic N) is 2. The van der Waals surface area contributed by atoms with Gasteiger partial charge in [-0.2, -0.15) is 0 Å². The van der Waals surface area contributed by atoms with Crippen LogP contribution in [0.25, 0.3) is 0 Å². The average Bonchev–Trinajstić information content (AvgIpc) is 3.34. The maximum Gasteiger partial charge on any atom is 0.275 e. The molecule has 2 heterocycles. The van der Waals surface area contributed by atoms with Crippen LogP contribution in [-0.4, -0.2) is 16.6 Å². The average molecular weight is 398 g/mol. The molecule has 27 heavy (non-hydrogen) atoms. The number of nitrogens with one attached hydrogen (secondary N) is 1. The van der Waals surface area contributed by atoms with E-state index in [2.05, 4.69) is 15.5 Å². The Labute approximate surface area is 165 Å². The molecule has 136 valence electrons. The third-order valence-corrected chi connectivity index (χ3v) is 5.48. The lowest BCUT2D eigenvalue weighted by Crippen LogP contribution is -2.21. The summed E-state index contributed by atoms with van der Waals surface area (Å²) in [4.78, 5) is 23.1. The Balaban J connectivity index is 1.37. The summed E-state index contributed by atoms with van der Waals surface area (Å²) < 4.78 is 0. The second-order valence-electron chi connectivity index (χ2n) is 6.10. The number of halogens is 1. The summed E-state index contributed by atoms with van der Waals surface area (Å²) in [6.07, 6.45) is 2.64. The summed E-state index contributed by atoms with van der Waals surface area (Å²) >= 11 is 7.62. The SMILES string of the molecule is O=C(Nc1ncc(Cc2ccccc2Cl)s1)C1=NOC(c2ccccc2)C1. The Bertz CT molecular complexity index is 988. The van der Waals surface area contributed by atoms with Crippen LogP contribution in [0.2, 0.25) is 5.02 Å². The Morgan fingerprint density at radius 1 is 1.19 bits per heavy atom. The van der Waals surface area contributed by atoms with Gasteiger partial charge in [-0.15, -0.1) is 11.3 Å². The van der Waals surface area contributed by atoms with Crippen LogP contribution in [-0.2, 0) is 16.1 Å². The number of amides is 1. The fraction of sp³-hybridized carbons (Fsp3) is 0.150. The van der Waals surface area contributed by atoms with Crippen LogP contribution in [0.1, 0.15) is 28.5 Å². The van der Waals surface area contributed by atoms with Crippen molar-refractivity contribution in [1.29, 1.82) is 0 Å². The van der Waals surface area contributed by atoms with E-state index in [9.17, 15) is 4.79 Å². The van der Waals surface area contributed by atoms with Gasteiger partial charge in [0.25, 0.3) is 5.91 Å². The largest absolute Gasteiger partial charge is 0.387 e. The topological polar surface area (TPSA) is 63.6 Å². The number of thiazole rings is 1. The van der Waals surface area contributed by atoms with Crippen molar-refractivity contribution in [2.45, 2.75) is 18.9 Å². The Morgan fingerprint density at radius 2 is 1.96 bits per heavy atom. The molecule has 1 aromatic heterocycles. The molecule has 7 heteroatoms. The number of hydrogen-bond acceptors (Lipinski definition) is 5. The zero-order valence-corrected chi connectivity index (χ0v) is 15.8. The van der Waals surface area contributed by atoms with Gasteiger partial charge in [-0.1, -0.05) is 65.3 Å². The van der Waals surface area contributed by atoms with E-state index in [1.165, 1.54) is 11.3 Å². The van der Waals surface area contributed by atoms with Crippen molar-refractivity contribution in [3.8, 4) is 0 Å². The van der Waals surface area contributed by atoms with Crippen molar-refractivity contribution >= 4 is 39.7 Å². The van der Waals surface area contributed by atoms with Gasteiger partial charge in [-0.05, 0) is 17.2 Å². The number of carbonyl (C=O) groups excluding carboxylic acids is 1. The first-order valence-corrected chi connectivity index (χ1v) is 9.65. The molecule has 0 spiro atoms. The van der Waals surface area contributed by atoms with Crippen LogP contribution in [0.5, 0.6) is 0 Å². The lowest BCUT2D eigenvalue weighted by molar-refractivity contribution is -0.110. The minimum absolute atomic E-state index is 0.223. The highest BCUT2D eigenvalue weighted by molar-refractivity contribution is 7.15. The molecule has 1 aliphatic heterocycles. The minimum atomic E-state index is -0.285. The summed E-state index contributed by atoms with van der Waals surface area (Å²) in [6.45, 7) is 0. The van der Waals surface area contributed by atoms with E-state index in [1.807, 2.05) is 54.6 Å². The lowest BCUT2D eigenvalue weighted by Gasteiger charge is -2.07. The molecule has 1 N–H and O–H groups in total. The molecule has 5 nitrogen and oxygen atoms in total. The van der Waals surface area contributed by atoms with E-state index < -0.39 is 0 Å². The fourth-order valence-electron chi connectivity index (χ4n) is 2.80. The molecule has 0 bridgehead atoms. The van der Waals surface area contributed by atoms with E-state index >= 15 is 0 Å². The van der Waals surface area contributed by atoms with E-state index in [0.29, 0.717) is 23.7 Å². The maximum absolute atomic E-state index is 12.4. The number of aromatic nitrogens is 1. The van der Waals surface area contributed by atoms with Crippen molar-refractivity contribution in [2.75, 3.05) is 5.32 Å². The molecule has 3 aromatic rings. The first-order chi connectivity index (χ1) is 13.2. The third-order valence-electron chi connectivity index (χ3n) is 4.20. The molecular weight excluding hydrogens is 382 g/mol. The Hall–Kier alpha value is -2.70. The molecule has 0 saturated carbocycles. The second kappa shape index (κ2) is 7.90. The molecular formula is C20H16ClN3O2S. The first-order valence-electron chi connectivity index (χ1n) is 8.46. The highest BCUT2D eigenvalue weighted by Gasteiger charge is 2.27. The molecule has 0 radical (unpaired) electrons. The van der Waals surface area contributed by atoms with E-state index in [1.54, 1.807) is 6.20 Å². The first kappa shape index (κ1) is 17.7. The minimum Gasteiger partial charge on any atom is -0.387 e. The van der Waals surface area contributed by atoms with Gasteiger partial charge in [0, 0.05) is 28.9 Å². The monoisotopic (exact) mass is 397 g/mol. The summed E-state index contributed by atoms with van der Waals surface area (Å²) in [6, 6.07) is 17.4. The van der Waals surface area contributed by atoms with E-state index in [0.717, 1.165) is 21.0 Å².